The SMILES string of the molecule is CCCCOc1ccc(O)c2c1C[C@H]1C[C@H]3[C@H](N(C)C)C(=O)C(C(N)=O)=C(O)[C@@]3(O)C(=O)C1=C2O. The summed E-state index contributed by atoms with van der Waals surface area (Å²) in [5.41, 5.74) is 2.20. The number of primary amides is 1. The van der Waals surface area contributed by atoms with Gasteiger partial charge in [-0.25, -0.2) is 0 Å². The highest BCUT2D eigenvalue weighted by Crippen LogP contribution is 2.53. The number of rotatable bonds is 6. The molecular formula is C25H30N2O8. The average Bonchev–Trinajstić information content (AvgIpc) is 2.77. The van der Waals surface area contributed by atoms with Gasteiger partial charge in [0.2, 0.25) is 5.78 Å². The van der Waals surface area contributed by atoms with E-state index in [0.717, 1.165) is 12.8 Å². The normalized spacial score (nSPS) is 28.1. The van der Waals surface area contributed by atoms with Crippen LogP contribution >= 0.6 is 0 Å². The first-order chi connectivity index (χ1) is 16.5. The van der Waals surface area contributed by atoms with Crippen molar-refractivity contribution in [1.82, 2.24) is 4.90 Å². The number of ether oxygens (including phenoxy) is 1. The summed E-state index contributed by atoms with van der Waals surface area (Å²) < 4.78 is 5.87. The predicted octanol–water partition coefficient (Wildman–Crippen LogP) is 1.14. The van der Waals surface area contributed by atoms with E-state index in [9.17, 15) is 34.8 Å². The van der Waals surface area contributed by atoms with Crippen LogP contribution in [0.25, 0.3) is 5.76 Å². The van der Waals surface area contributed by atoms with Crippen molar-refractivity contribution in [2.75, 3.05) is 20.7 Å². The summed E-state index contributed by atoms with van der Waals surface area (Å²) in [6.07, 6.45) is 1.96. The van der Waals surface area contributed by atoms with Gasteiger partial charge in [-0.15, -0.1) is 0 Å². The molecule has 10 heteroatoms. The number of amides is 1. The predicted molar refractivity (Wildman–Crippen MR) is 125 cm³/mol. The summed E-state index contributed by atoms with van der Waals surface area (Å²) in [4.78, 5) is 40.3. The number of ketones is 2. The average molecular weight is 487 g/mol. The number of benzene rings is 1. The number of Topliss-reactive ketones (excluding diaryl/α,β-unsaturated/α-hetero) is 2. The van der Waals surface area contributed by atoms with E-state index in [1.54, 1.807) is 20.2 Å². The largest absolute Gasteiger partial charge is 0.508 e. The molecule has 0 bridgehead atoms. The molecule has 0 spiro atoms. The second-order valence-electron chi connectivity index (χ2n) is 9.60. The number of carbonyl (C=O) groups is 3. The third kappa shape index (κ3) is 3.51. The van der Waals surface area contributed by atoms with Gasteiger partial charge >= 0.3 is 0 Å². The molecular weight excluding hydrogens is 456 g/mol. The van der Waals surface area contributed by atoms with Gasteiger partial charge in [-0.1, -0.05) is 13.3 Å². The second-order valence-corrected chi connectivity index (χ2v) is 9.60. The molecule has 1 aromatic rings. The minimum Gasteiger partial charge on any atom is -0.508 e. The molecule has 0 unspecified atom stereocenters. The third-order valence-corrected chi connectivity index (χ3v) is 7.32. The number of phenols is 1. The van der Waals surface area contributed by atoms with Crippen LogP contribution < -0.4 is 10.5 Å². The topological polar surface area (TPSA) is 171 Å². The molecule has 1 fully saturated rings. The summed E-state index contributed by atoms with van der Waals surface area (Å²) in [5, 5.41) is 44.1. The van der Waals surface area contributed by atoms with Gasteiger partial charge in [-0.3, -0.25) is 19.3 Å². The van der Waals surface area contributed by atoms with E-state index in [4.69, 9.17) is 10.5 Å². The Balaban J connectivity index is 1.91. The van der Waals surface area contributed by atoms with Crippen molar-refractivity contribution in [3.8, 4) is 11.5 Å². The Bertz CT molecular complexity index is 1180. The van der Waals surface area contributed by atoms with Crippen LogP contribution in [0.1, 0.15) is 37.3 Å². The first-order valence-corrected chi connectivity index (χ1v) is 11.6. The van der Waals surface area contributed by atoms with Gasteiger partial charge in [0.1, 0.15) is 28.6 Å². The number of phenolic OH excluding ortho intramolecular Hbond substituents is 1. The molecule has 1 amide bonds. The molecule has 3 aliphatic rings. The van der Waals surface area contributed by atoms with Crippen LogP contribution in [0.3, 0.4) is 0 Å². The molecule has 4 rings (SSSR count). The van der Waals surface area contributed by atoms with Crippen LogP contribution in [0.4, 0.5) is 0 Å². The lowest BCUT2D eigenvalue weighted by atomic mass is 9.57. The first-order valence-electron chi connectivity index (χ1n) is 11.6. The van der Waals surface area contributed by atoms with E-state index in [0.29, 0.717) is 17.9 Å². The quantitative estimate of drug-likeness (QED) is 0.292. The minimum absolute atomic E-state index is 0.0234. The van der Waals surface area contributed by atoms with Crippen molar-refractivity contribution < 1.29 is 39.5 Å². The van der Waals surface area contributed by atoms with Gasteiger partial charge < -0.3 is 30.9 Å². The van der Waals surface area contributed by atoms with E-state index < -0.39 is 58.0 Å². The molecule has 1 saturated carbocycles. The fraction of sp³-hybridized carbons (Fsp3) is 0.480. The van der Waals surface area contributed by atoms with Crippen LogP contribution in [-0.2, 0) is 20.8 Å². The van der Waals surface area contributed by atoms with Gasteiger partial charge in [-0.2, -0.15) is 0 Å². The maximum Gasteiger partial charge on any atom is 0.255 e. The van der Waals surface area contributed by atoms with Crippen molar-refractivity contribution in [2.45, 2.75) is 44.2 Å². The Morgan fingerprint density at radius 1 is 1.23 bits per heavy atom. The van der Waals surface area contributed by atoms with Gasteiger partial charge in [0.25, 0.3) is 5.91 Å². The summed E-state index contributed by atoms with van der Waals surface area (Å²) in [6, 6.07) is 1.84. The number of unbranched alkanes of at least 4 members (excludes halogenated alkanes) is 1. The molecule has 10 nitrogen and oxygen atoms in total. The molecule has 0 heterocycles. The number of fused-ring (bicyclic) bond motifs is 3. The number of likely N-dealkylation sites (N-methyl/N-ethyl adjacent to an activating group) is 1. The van der Waals surface area contributed by atoms with E-state index in [1.165, 1.54) is 11.0 Å². The van der Waals surface area contributed by atoms with Crippen LogP contribution in [0, 0.1) is 11.8 Å². The summed E-state index contributed by atoms with van der Waals surface area (Å²) in [6.45, 7) is 2.45. The molecule has 35 heavy (non-hydrogen) atoms. The fourth-order valence-electron chi connectivity index (χ4n) is 5.68. The Morgan fingerprint density at radius 3 is 2.51 bits per heavy atom. The second kappa shape index (κ2) is 8.69. The monoisotopic (exact) mass is 486 g/mol. The maximum atomic E-state index is 13.7. The van der Waals surface area contributed by atoms with Crippen molar-refractivity contribution in [3.05, 3.63) is 40.2 Å². The minimum atomic E-state index is -2.64. The number of hydrogen-bond acceptors (Lipinski definition) is 9. The zero-order chi connectivity index (χ0) is 25.8. The van der Waals surface area contributed by atoms with E-state index in [1.807, 2.05) is 6.92 Å². The van der Waals surface area contributed by atoms with E-state index >= 15 is 0 Å². The zero-order valence-electron chi connectivity index (χ0n) is 19.9. The van der Waals surface area contributed by atoms with Crippen LogP contribution in [0.5, 0.6) is 11.5 Å². The van der Waals surface area contributed by atoms with Gasteiger partial charge in [-0.05, 0) is 51.4 Å². The number of aliphatic hydroxyl groups excluding tert-OH is 2. The Kier molecular flexibility index (Phi) is 6.14. The number of aliphatic hydroxyl groups is 3. The standard InChI is InChI=1S/C25H30N2O8/c1-4-5-8-35-15-7-6-14(28)17-12(15)9-11-10-13-19(27(2)3)21(30)18(24(26)33)23(32)25(13,34)22(31)16(11)20(17)29/h6-7,11,13,19,28-29,32,34H,4-5,8-10H2,1-3H3,(H2,26,33)/t11-,13-,19-,25-/m0/s1. The highest BCUT2D eigenvalue weighted by molar-refractivity contribution is 6.24. The fourth-order valence-corrected chi connectivity index (χ4v) is 5.68. The first kappa shape index (κ1) is 24.7. The molecule has 0 radical (unpaired) electrons. The molecule has 1 aromatic carbocycles. The van der Waals surface area contributed by atoms with E-state index in [-0.39, 0.29) is 29.7 Å². The van der Waals surface area contributed by atoms with Crippen LogP contribution in [0.2, 0.25) is 0 Å². The van der Waals surface area contributed by atoms with Crippen LogP contribution in [-0.4, -0.2) is 75.1 Å². The molecule has 0 saturated heterocycles. The molecule has 6 N–H and O–H groups in total. The molecule has 0 aromatic heterocycles. The highest BCUT2D eigenvalue weighted by Gasteiger charge is 2.64. The summed E-state index contributed by atoms with van der Waals surface area (Å²) >= 11 is 0. The molecule has 188 valence electrons. The molecule has 3 aliphatic carbocycles. The zero-order valence-corrected chi connectivity index (χ0v) is 19.9. The highest BCUT2D eigenvalue weighted by atomic mass is 16.5. The third-order valence-electron chi connectivity index (χ3n) is 7.32. The van der Waals surface area contributed by atoms with E-state index in [2.05, 4.69) is 0 Å². The number of nitrogens with zero attached hydrogens (tertiary/aromatic N) is 1. The van der Waals surface area contributed by atoms with Crippen molar-refractivity contribution in [3.63, 3.8) is 0 Å². The Labute approximate surface area is 202 Å². The maximum absolute atomic E-state index is 13.7. The van der Waals surface area contributed by atoms with Gasteiger partial charge in [0.05, 0.1) is 18.2 Å². The van der Waals surface area contributed by atoms with Crippen molar-refractivity contribution >= 4 is 23.2 Å². The van der Waals surface area contributed by atoms with Crippen molar-refractivity contribution in [1.29, 1.82) is 0 Å². The summed E-state index contributed by atoms with van der Waals surface area (Å²) in [5.74, 6) is -6.25. The smallest absolute Gasteiger partial charge is 0.255 e. The Morgan fingerprint density at radius 2 is 1.91 bits per heavy atom. The lowest BCUT2D eigenvalue weighted by Gasteiger charge is -2.50. The van der Waals surface area contributed by atoms with Gasteiger partial charge in [0.15, 0.2) is 11.4 Å². The van der Waals surface area contributed by atoms with Crippen molar-refractivity contribution in [2.24, 2.45) is 17.6 Å². The molecule has 0 aliphatic heterocycles. The number of aromatic hydroxyl groups is 1. The number of nitrogens with two attached hydrogens (primary N) is 1. The molecule has 4 atom stereocenters. The number of hydrogen-bond donors (Lipinski definition) is 5. The number of carbonyl (C=O) groups excluding carboxylic acids is 3. The van der Waals surface area contributed by atoms with Crippen LogP contribution in [0.15, 0.2) is 29.0 Å². The Hall–Kier alpha value is -3.37. The summed E-state index contributed by atoms with van der Waals surface area (Å²) in [7, 11) is 3.12. The lowest BCUT2D eigenvalue weighted by Crippen LogP contribution is -2.65. The lowest BCUT2D eigenvalue weighted by molar-refractivity contribution is -0.153. The van der Waals surface area contributed by atoms with Gasteiger partial charge in [0, 0.05) is 17.1 Å².